The van der Waals surface area contributed by atoms with E-state index in [0.717, 1.165) is 23.1 Å². The molecule has 1 N–H and O–H groups in total. The molecular weight excluding hydrogens is 338 g/mol. The lowest BCUT2D eigenvalue weighted by molar-refractivity contribution is -0.148. The Balaban J connectivity index is 1.53. The predicted octanol–water partition coefficient (Wildman–Crippen LogP) is 2.43. The average Bonchev–Trinajstić information content (AvgIpc) is 3.25. The van der Waals surface area contributed by atoms with E-state index >= 15 is 0 Å². The number of amides is 1. The maximum Gasteiger partial charge on any atom is 0.306 e. The molecule has 0 aliphatic heterocycles. The van der Waals surface area contributed by atoms with Crippen molar-refractivity contribution < 1.29 is 19.1 Å². The molecule has 1 aromatic carbocycles. The van der Waals surface area contributed by atoms with Crippen LogP contribution in [0.25, 0.3) is 0 Å². The topological polar surface area (TPSA) is 64.6 Å². The van der Waals surface area contributed by atoms with Gasteiger partial charge in [0.05, 0.1) is 6.61 Å². The lowest BCUT2D eigenvalue weighted by Crippen LogP contribution is -2.30. The molecule has 0 spiro atoms. The molecule has 21 heavy (non-hydrogen) atoms. The van der Waals surface area contributed by atoms with E-state index in [2.05, 4.69) is 21.2 Å². The fourth-order valence-corrected chi connectivity index (χ4v) is 2.06. The summed E-state index contributed by atoms with van der Waals surface area (Å²) in [6, 6.07) is 7.80. The van der Waals surface area contributed by atoms with E-state index in [1.54, 1.807) is 0 Å². The van der Waals surface area contributed by atoms with Crippen molar-refractivity contribution >= 4 is 27.8 Å². The number of esters is 1. The zero-order chi connectivity index (χ0) is 15.1. The molecule has 6 heteroatoms. The molecule has 1 saturated carbocycles. The van der Waals surface area contributed by atoms with E-state index in [0.29, 0.717) is 13.0 Å². The van der Waals surface area contributed by atoms with E-state index in [1.165, 1.54) is 0 Å². The van der Waals surface area contributed by atoms with Gasteiger partial charge in [0, 0.05) is 16.9 Å². The third-order valence-corrected chi connectivity index (χ3v) is 3.39. The first-order valence-electron chi connectivity index (χ1n) is 6.97. The van der Waals surface area contributed by atoms with E-state index in [4.69, 9.17) is 9.47 Å². The molecule has 1 aromatic rings. The van der Waals surface area contributed by atoms with Crippen molar-refractivity contribution in [3.63, 3.8) is 0 Å². The predicted molar refractivity (Wildman–Crippen MR) is 81.0 cm³/mol. The number of hydrogen-bond acceptors (Lipinski definition) is 4. The molecule has 1 fully saturated rings. The van der Waals surface area contributed by atoms with Gasteiger partial charge in [0.25, 0.3) is 5.91 Å². The van der Waals surface area contributed by atoms with Gasteiger partial charge in [-0.15, -0.1) is 0 Å². The van der Waals surface area contributed by atoms with Gasteiger partial charge in [-0.05, 0) is 37.5 Å². The van der Waals surface area contributed by atoms with Crippen LogP contribution >= 0.6 is 15.9 Å². The van der Waals surface area contributed by atoms with Crippen LogP contribution in [-0.2, 0) is 14.3 Å². The number of hydrogen-bond donors (Lipinski definition) is 1. The largest absolute Gasteiger partial charge is 0.494 e. The van der Waals surface area contributed by atoms with Gasteiger partial charge in [-0.2, -0.15) is 0 Å². The molecule has 0 saturated heterocycles. The van der Waals surface area contributed by atoms with Crippen LogP contribution in [0.5, 0.6) is 5.75 Å². The number of carbonyl (C=O) groups excluding carboxylic acids is 2. The maximum absolute atomic E-state index is 11.4. The lowest BCUT2D eigenvalue weighted by atomic mass is 10.3. The molecule has 0 bridgehead atoms. The normalized spacial score (nSPS) is 13.6. The highest BCUT2D eigenvalue weighted by Gasteiger charge is 2.23. The van der Waals surface area contributed by atoms with E-state index in [9.17, 15) is 9.59 Å². The SMILES string of the molecule is O=C(COC(=O)CCCOc1cccc(Br)c1)NC1CC1. The van der Waals surface area contributed by atoms with Gasteiger partial charge in [-0.3, -0.25) is 9.59 Å². The van der Waals surface area contributed by atoms with E-state index < -0.39 is 0 Å². The summed E-state index contributed by atoms with van der Waals surface area (Å²) in [4.78, 5) is 22.8. The molecule has 0 radical (unpaired) electrons. The van der Waals surface area contributed by atoms with Crippen molar-refractivity contribution in [3.8, 4) is 5.75 Å². The standard InChI is InChI=1S/C15H18BrNO4/c16-11-3-1-4-13(9-11)20-8-2-5-15(19)21-10-14(18)17-12-6-7-12/h1,3-4,9,12H,2,5-8,10H2,(H,17,18). The van der Waals surface area contributed by atoms with Gasteiger partial charge in [-0.25, -0.2) is 0 Å². The van der Waals surface area contributed by atoms with Crippen LogP contribution in [-0.4, -0.2) is 31.1 Å². The highest BCUT2D eigenvalue weighted by atomic mass is 79.9. The Morgan fingerprint density at radius 1 is 1.33 bits per heavy atom. The Kier molecular flexibility index (Phi) is 6.04. The molecule has 0 atom stereocenters. The fraction of sp³-hybridized carbons (Fsp3) is 0.467. The highest BCUT2D eigenvalue weighted by Crippen LogP contribution is 2.18. The maximum atomic E-state index is 11.4. The zero-order valence-corrected chi connectivity index (χ0v) is 13.2. The third-order valence-electron chi connectivity index (χ3n) is 2.90. The zero-order valence-electron chi connectivity index (χ0n) is 11.6. The monoisotopic (exact) mass is 355 g/mol. The lowest BCUT2D eigenvalue weighted by Gasteiger charge is -2.07. The summed E-state index contributed by atoms with van der Waals surface area (Å²) in [7, 11) is 0. The second kappa shape index (κ2) is 8.02. The summed E-state index contributed by atoms with van der Waals surface area (Å²) in [6.45, 7) is 0.238. The van der Waals surface area contributed by atoms with Crippen molar-refractivity contribution in [1.29, 1.82) is 0 Å². The highest BCUT2D eigenvalue weighted by molar-refractivity contribution is 9.10. The van der Waals surface area contributed by atoms with Crippen LogP contribution in [0.3, 0.4) is 0 Å². The van der Waals surface area contributed by atoms with Crippen LogP contribution in [0.1, 0.15) is 25.7 Å². The molecule has 0 heterocycles. The molecule has 1 amide bonds. The first-order valence-corrected chi connectivity index (χ1v) is 7.76. The van der Waals surface area contributed by atoms with E-state index in [-0.39, 0.29) is 30.9 Å². The molecule has 114 valence electrons. The Labute approximate surface area is 132 Å². The second-order valence-corrected chi connectivity index (χ2v) is 5.83. The number of benzene rings is 1. The van der Waals surface area contributed by atoms with Crippen molar-refractivity contribution in [2.75, 3.05) is 13.2 Å². The minimum atomic E-state index is -0.376. The molecule has 5 nitrogen and oxygen atoms in total. The van der Waals surface area contributed by atoms with Gasteiger partial charge in [0.1, 0.15) is 5.75 Å². The summed E-state index contributed by atoms with van der Waals surface area (Å²) in [5.74, 6) is 0.150. The Bertz CT molecular complexity index is 502. The first-order chi connectivity index (χ1) is 10.1. The molecular formula is C15H18BrNO4. The Hall–Kier alpha value is -1.56. The Morgan fingerprint density at radius 3 is 2.86 bits per heavy atom. The molecule has 1 aliphatic rings. The number of ether oxygens (including phenoxy) is 2. The number of nitrogens with one attached hydrogen (secondary N) is 1. The minimum absolute atomic E-state index is 0.193. The third kappa shape index (κ3) is 6.62. The van der Waals surface area contributed by atoms with Gasteiger partial charge in [-0.1, -0.05) is 22.0 Å². The van der Waals surface area contributed by atoms with E-state index in [1.807, 2.05) is 24.3 Å². The van der Waals surface area contributed by atoms with Gasteiger partial charge >= 0.3 is 5.97 Å². The number of carbonyl (C=O) groups is 2. The Morgan fingerprint density at radius 2 is 2.14 bits per heavy atom. The quantitative estimate of drug-likeness (QED) is 0.574. The molecule has 2 rings (SSSR count). The summed E-state index contributed by atoms with van der Waals surface area (Å²) in [5.41, 5.74) is 0. The van der Waals surface area contributed by atoms with Crippen LogP contribution < -0.4 is 10.1 Å². The van der Waals surface area contributed by atoms with Crippen molar-refractivity contribution in [2.45, 2.75) is 31.7 Å². The van der Waals surface area contributed by atoms with Crippen molar-refractivity contribution in [2.24, 2.45) is 0 Å². The molecule has 0 unspecified atom stereocenters. The van der Waals surface area contributed by atoms with Gasteiger partial charge in [0.2, 0.25) is 0 Å². The van der Waals surface area contributed by atoms with Crippen molar-refractivity contribution in [1.82, 2.24) is 5.32 Å². The number of rotatable bonds is 8. The number of halogens is 1. The summed E-state index contributed by atoms with van der Waals surface area (Å²) in [6.07, 6.45) is 2.83. The summed E-state index contributed by atoms with van der Waals surface area (Å²) < 4.78 is 11.3. The summed E-state index contributed by atoms with van der Waals surface area (Å²) in [5, 5.41) is 2.76. The average molecular weight is 356 g/mol. The minimum Gasteiger partial charge on any atom is -0.494 e. The second-order valence-electron chi connectivity index (χ2n) is 4.91. The van der Waals surface area contributed by atoms with Crippen LogP contribution in [0.2, 0.25) is 0 Å². The molecule has 1 aliphatic carbocycles. The van der Waals surface area contributed by atoms with Crippen LogP contribution in [0.4, 0.5) is 0 Å². The fourth-order valence-electron chi connectivity index (χ4n) is 1.68. The van der Waals surface area contributed by atoms with Crippen molar-refractivity contribution in [3.05, 3.63) is 28.7 Å². The summed E-state index contributed by atoms with van der Waals surface area (Å²) >= 11 is 3.36. The first kappa shape index (κ1) is 15.8. The molecule has 0 aromatic heterocycles. The van der Waals surface area contributed by atoms with Crippen LogP contribution in [0.15, 0.2) is 28.7 Å². The van der Waals surface area contributed by atoms with Gasteiger partial charge in [0.15, 0.2) is 6.61 Å². The smallest absolute Gasteiger partial charge is 0.306 e. The van der Waals surface area contributed by atoms with Gasteiger partial charge < -0.3 is 14.8 Å². The van der Waals surface area contributed by atoms with Crippen LogP contribution in [0, 0.1) is 0 Å².